The van der Waals surface area contributed by atoms with Crippen molar-refractivity contribution in [1.29, 1.82) is 0 Å². The maximum atomic E-state index is 9.39. The summed E-state index contributed by atoms with van der Waals surface area (Å²) in [7, 11) is 0. The van der Waals surface area contributed by atoms with Crippen LogP contribution < -0.4 is 5.32 Å². The first-order valence-electron chi connectivity index (χ1n) is 9.53. The topological polar surface area (TPSA) is 72.2 Å². The zero-order valence-electron chi connectivity index (χ0n) is 15.4. The average molecular weight is 346 g/mol. The van der Waals surface area contributed by atoms with E-state index >= 15 is 0 Å². The lowest BCUT2D eigenvalue weighted by Gasteiger charge is -2.20. The van der Waals surface area contributed by atoms with E-state index in [0.717, 1.165) is 74.4 Å². The molecular weight excluding hydrogens is 316 g/mol. The monoisotopic (exact) mass is 346 g/mol. The predicted octanol–water partition coefficient (Wildman–Crippen LogP) is 3.27. The van der Waals surface area contributed by atoms with Gasteiger partial charge >= 0.3 is 0 Å². The molecule has 1 aliphatic heterocycles. The molecule has 2 atom stereocenters. The summed E-state index contributed by atoms with van der Waals surface area (Å²) in [4.78, 5) is 9.26. The number of anilines is 1. The summed E-state index contributed by atoms with van der Waals surface area (Å²) in [5.41, 5.74) is 2.01. The number of rotatable bonds is 9. The number of aliphatic hydroxyl groups is 1. The van der Waals surface area contributed by atoms with E-state index in [9.17, 15) is 5.11 Å². The fourth-order valence-corrected chi connectivity index (χ4v) is 3.57. The number of unbranched alkanes of at least 4 members (excludes halogenated alkanes) is 1. The number of aromatic nitrogens is 3. The lowest BCUT2D eigenvalue weighted by Crippen LogP contribution is -2.23. The van der Waals surface area contributed by atoms with Crippen molar-refractivity contribution in [2.24, 2.45) is 0 Å². The first-order valence-corrected chi connectivity index (χ1v) is 9.53. The molecule has 3 rings (SSSR count). The molecule has 0 bridgehead atoms. The van der Waals surface area contributed by atoms with E-state index < -0.39 is 0 Å². The second kappa shape index (κ2) is 8.63. The minimum atomic E-state index is 0.186. The minimum absolute atomic E-state index is 0.186. The van der Waals surface area contributed by atoms with E-state index in [1.807, 2.05) is 6.92 Å². The fourth-order valence-electron chi connectivity index (χ4n) is 3.57. The van der Waals surface area contributed by atoms with Crippen molar-refractivity contribution < 1.29 is 9.84 Å². The van der Waals surface area contributed by atoms with E-state index in [2.05, 4.69) is 39.0 Å². The third-order valence-electron chi connectivity index (χ3n) is 4.87. The zero-order chi connectivity index (χ0) is 17.6. The summed E-state index contributed by atoms with van der Waals surface area (Å²) in [6, 6.07) is 2.28. The van der Waals surface area contributed by atoms with Gasteiger partial charge in [-0.1, -0.05) is 19.8 Å². The van der Waals surface area contributed by atoms with E-state index in [1.54, 1.807) is 0 Å². The molecule has 6 heteroatoms. The van der Waals surface area contributed by atoms with Gasteiger partial charge in [-0.2, -0.15) is 0 Å². The fraction of sp³-hybridized carbons (Fsp3) is 0.684. The van der Waals surface area contributed by atoms with Gasteiger partial charge in [0.1, 0.15) is 11.3 Å². The van der Waals surface area contributed by atoms with Crippen LogP contribution in [-0.2, 0) is 11.3 Å². The van der Waals surface area contributed by atoms with Gasteiger partial charge < -0.3 is 19.7 Å². The number of nitrogens with zero attached hydrogens (tertiary/aromatic N) is 3. The van der Waals surface area contributed by atoms with Crippen molar-refractivity contribution in [2.45, 2.75) is 71.1 Å². The second-order valence-corrected chi connectivity index (χ2v) is 6.95. The van der Waals surface area contributed by atoms with Gasteiger partial charge in [-0.25, -0.2) is 9.97 Å². The molecule has 6 nitrogen and oxygen atoms in total. The molecule has 2 aromatic rings. The van der Waals surface area contributed by atoms with E-state index in [-0.39, 0.29) is 18.8 Å². The van der Waals surface area contributed by atoms with Gasteiger partial charge in [0.05, 0.1) is 11.6 Å². The van der Waals surface area contributed by atoms with Gasteiger partial charge in [-0.05, 0) is 38.7 Å². The van der Waals surface area contributed by atoms with Gasteiger partial charge in [0.2, 0.25) is 0 Å². The van der Waals surface area contributed by atoms with E-state index in [0.29, 0.717) is 0 Å². The molecule has 1 aliphatic rings. The number of hydrogen-bond donors (Lipinski definition) is 2. The third-order valence-corrected chi connectivity index (χ3v) is 4.87. The van der Waals surface area contributed by atoms with E-state index in [1.165, 1.54) is 0 Å². The summed E-state index contributed by atoms with van der Waals surface area (Å²) >= 11 is 0. The molecule has 2 N–H and O–H groups in total. The minimum Gasteiger partial charge on any atom is -0.396 e. The molecule has 1 unspecified atom stereocenters. The Bertz CT molecular complexity index is 679. The maximum Gasteiger partial charge on any atom is 0.154 e. The Balaban J connectivity index is 1.87. The summed E-state index contributed by atoms with van der Waals surface area (Å²) < 4.78 is 8.01. The molecule has 138 valence electrons. The highest BCUT2D eigenvalue weighted by molar-refractivity contribution is 5.86. The van der Waals surface area contributed by atoms with Gasteiger partial charge in [-0.15, -0.1) is 0 Å². The van der Waals surface area contributed by atoms with Crippen molar-refractivity contribution in [2.75, 3.05) is 18.5 Å². The lowest BCUT2D eigenvalue weighted by molar-refractivity contribution is 0.0980. The first-order chi connectivity index (χ1) is 12.2. The lowest BCUT2D eigenvalue weighted by atomic mass is 10.1. The smallest absolute Gasteiger partial charge is 0.154 e. The molecule has 1 saturated heterocycles. The summed E-state index contributed by atoms with van der Waals surface area (Å²) in [5, 5.41) is 13.0. The molecule has 3 heterocycles. The van der Waals surface area contributed by atoms with Crippen LogP contribution in [0.1, 0.15) is 51.3 Å². The van der Waals surface area contributed by atoms with Gasteiger partial charge in [0.15, 0.2) is 5.82 Å². The molecule has 0 amide bonds. The van der Waals surface area contributed by atoms with Crippen LogP contribution >= 0.6 is 0 Å². The van der Waals surface area contributed by atoms with Crippen LogP contribution in [0, 0.1) is 6.92 Å². The van der Waals surface area contributed by atoms with Crippen LogP contribution in [0.5, 0.6) is 0 Å². The Morgan fingerprint density at radius 3 is 3.00 bits per heavy atom. The van der Waals surface area contributed by atoms with Crippen molar-refractivity contribution in [3.8, 4) is 0 Å². The van der Waals surface area contributed by atoms with Crippen LogP contribution in [0.25, 0.3) is 11.0 Å². The van der Waals surface area contributed by atoms with Gasteiger partial charge in [0, 0.05) is 32.0 Å². The third kappa shape index (κ3) is 4.50. The molecule has 0 saturated carbocycles. The number of aryl methyl sites for hydroxylation is 1. The molecule has 0 aliphatic carbocycles. The Hall–Kier alpha value is -1.66. The van der Waals surface area contributed by atoms with Crippen LogP contribution in [0.15, 0.2) is 12.3 Å². The van der Waals surface area contributed by atoms with Crippen LogP contribution in [0.4, 0.5) is 5.82 Å². The normalized spacial score (nSPS) is 18.8. The largest absolute Gasteiger partial charge is 0.396 e. The first kappa shape index (κ1) is 18.1. The molecule has 1 fully saturated rings. The highest BCUT2D eigenvalue weighted by atomic mass is 16.5. The van der Waals surface area contributed by atoms with Crippen LogP contribution in [0.2, 0.25) is 0 Å². The standard InChI is InChI=1S/C19H30N4O2/c1-3-4-6-15(9-11-24)22-19-18-17(20-14(2)21-19)8-10-23(18)13-16-7-5-12-25-16/h8,10,15-16,24H,3-7,9,11-13H2,1-2H3,(H,20,21,22)/t15-,16?/m0/s1. The number of fused-ring (bicyclic) bond motifs is 1. The quantitative estimate of drug-likeness (QED) is 0.729. The van der Waals surface area contributed by atoms with E-state index in [4.69, 9.17) is 4.74 Å². The number of ether oxygens (including phenoxy) is 1. The number of hydrogen-bond acceptors (Lipinski definition) is 5. The highest BCUT2D eigenvalue weighted by Crippen LogP contribution is 2.25. The van der Waals surface area contributed by atoms with Crippen molar-refractivity contribution >= 4 is 16.9 Å². The SMILES string of the molecule is CCCC[C@@H](CCO)Nc1nc(C)nc2ccn(CC3CCCO3)c12. The Morgan fingerprint density at radius 2 is 2.28 bits per heavy atom. The molecule has 0 radical (unpaired) electrons. The molecular formula is C19H30N4O2. The van der Waals surface area contributed by atoms with Crippen molar-refractivity contribution in [3.63, 3.8) is 0 Å². The van der Waals surface area contributed by atoms with Gasteiger partial charge in [0.25, 0.3) is 0 Å². The van der Waals surface area contributed by atoms with Gasteiger partial charge in [-0.3, -0.25) is 0 Å². The van der Waals surface area contributed by atoms with Crippen molar-refractivity contribution in [1.82, 2.24) is 14.5 Å². The highest BCUT2D eigenvalue weighted by Gasteiger charge is 2.20. The maximum absolute atomic E-state index is 9.39. The Morgan fingerprint density at radius 1 is 1.40 bits per heavy atom. The molecule has 2 aromatic heterocycles. The van der Waals surface area contributed by atoms with Crippen LogP contribution in [-0.4, -0.2) is 45.0 Å². The average Bonchev–Trinajstić information content (AvgIpc) is 3.23. The zero-order valence-corrected chi connectivity index (χ0v) is 15.4. The Labute approximate surface area is 149 Å². The summed E-state index contributed by atoms with van der Waals surface area (Å²) in [5.74, 6) is 1.64. The predicted molar refractivity (Wildman–Crippen MR) is 99.9 cm³/mol. The Kier molecular flexibility index (Phi) is 6.26. The summed E-state index contributed by atoms with van der Waals surface area (Å²) in [6.07, 6.45) is 8.67. The summed E-state index contributed by atoms with van der Waals surface area (Å²) in [6.45, 7) is 6.00. The molecule has 25 heavy (non-hydrogen) atoms. The number of nitrogens with one attached hydrogen (secondary N) is 1. The molecule has 0 aromatic carbocycles. The number of aliphatic hydroxyl groups excluding tert-OH is 1. The second-order valence-electron chi connectivity index (χ2n) is 6.95. The van der Waals surface area contributed by atoms with Crippen molar-refractivity contribution in [3.05, 3.63) is 18.1 Å². The van der Waals surface area contributed by atoms with Crippen LogP contribution in [0.3, 0.4) is 0 Å². The molecule has 0 spiro atoms.